The van der Waals surface area contributed by atoms with Crippen molar-refractivity contribution in [1.82, 2.24) is 9.88 Å². The highest BCUT2D eigenvalue weighted by molar-refractivity contribution is 7.11. The molecule has 1 aromatic rings. The lowest BCUT2D eigenvalue weighted by Gasteiger charge is -2.27. The zero-order valence-corrected chi connectivity index (χ0v) is 10.7. The zero-order valence-electron chi connectivity index (χ0n) is 9.86. The molecule has 0 radical (unpaired) electrons. The average Bonchev–Trinajstić information content (AvgIpc) is 2.68. The van der Waals surface area contributed by atoms with E-state index in [1.165, 1.54) is 35.8 Å². The molecule has 2 nitrogen and oxygen atoms in total. The molecule has 2 rings (SSSR count). The second-order valence-corrected chi connectivity index (χ2v) is 5.93. The van der Waals surface area contributed by atoms with E-state index < -0.39 is 0 Å². The van der Waals surface area contributed by atoms with E-state index in [9.17, 15) is 0 Å². The third kappa shape index (κ3) is 2.58. The fourth-order valence-electron chi connectivity index (χ4n) is 2.01. The Labute approximate surface area is 96.3 Å². The molecular formula is C12H20N2S. The quantitative estimate of drug-likeness (QED) is 0.767. The lowest BCUT2D eigenvalue weighted by atomic mass is 9.98. The van der Waals surface area contributed by atoms with Crippen molar-refractivity contribution in [1.29, 1.82) is 0 Å². The van der Waals surface area contributed by atoms with Crippen LogP contribution in [0.15, 0.2) is 6.20 Å². The van der Waals surface area contributed by atoms with Crippen molar-refractivity contribution in [3.8, 4) is 0 Å². The summed E-state index contributed by atoms with van der Waals surface area (Å²) in [6, 6.07) is 0. The highest BCUT2D eigenvalue weighted by atomic mass is 32.1. The highest BCUT2D eigenvalue weighted by Crippen LogP contribution is 2.32. The van der Waals surface area contributed by atoms with E-state index in [0.717, 1.165) is 5.92 Å². The van der Waals surface area contributed by atoms with Crippen LogP contribution in [0, 0.1) is 0 Å². The largest absolute Gasteiger partial charge is 0.306 e. The molecule has 0 N–H and O–H groups in total. The Bertz CT molecular complexity index is 311. The van der Waals surface area contributed by atoms with Gasteiger partial charge in [0, 0.05) is 17.0 Å². The maximum Gasteiger partial charge on any atom is 0.0959 e. The van der Waals surface area contributed by atoms with Crippen LogP contribution < -0.4 is 0 Å². The van der Waals surface area contributed by atoms with Crippen LogP contribution in [0.3, 0.4) is 0 Å². The first-order valence-corrected chi connectivity index (χ1v) is 6.62. The molecule has 1 fully saturated rings. The predicted molar refractivity (Wildman–Crippen MR) is 65.7 cm³/mol. The molecule has 0 aliphatic carbocycles. The Hall–Kier alpha value is -0.410. The van der Waals surface area contributed by atoms with Gasteiger partial charge in [-0.2, -0.15) is 0 Å². The van der Waals surface area contributed by atoms with Crippen LogP contribution in [0.5, 0.6) is 0 Å². The number of likely N-dealkylation sites (tertiary alicyclic amines) is 1. The smallest absolute Gasteiger partial charge is 0.0959 e. The van der Waals surface area contributed by atoms with Crippen LogP contribution in [0.4, 0.5) is 0 Å². The molecule has 0 saturated carbocycles. The number of hydrogen-bond donors (Lipinski definition) is 0. The lowest BCUT2D eigenvalue weighted by molar-refractivity contribution is 0.255. The first kappa shape index (κ1) is 11.1. The number of nitrogens with zero attached hydrogens (tertiary/aromatic N) is 2. The molecule has 84 valence electrons. The maximum absolute atomic E-state index is 4.59. The molecule has 1 aliphatic heterocycles. The standard InChI is InChI=1S/C12H20N2S/c1-9(2)11-8-13-12(15-11)10-4-6-14(3)7-5-10/h8-10H,4-7H2,1-3H3. The summed E-state index contributed by atoms with van der Waals surface area (Å²) < 4.78 is 0. The van der Waals surface area contributed by atoms with Gasteiger partial charge in [0.15, 0.2) is 0 Å². The van der Waals surface area contributed by atoms with E-state index in [0.29, 0.717) is 5.92 Å². The molecule has 15 heavy (non-hydrogen) atoms. The van der Waals surface area contributed by atoms with Crippen LogP contribution in [0.25, 0.3) is 0 Å². The van der Waals surface area contributed by atoms with Gasteiger partial charge in [-0.3, -0.25) is 0 Å². The van der Waals surface area contributed by atoms with Gasteiger partial charge in [0.2, 0.25) is 0 Å². The van der Waals surface area contributed by atoms with E-state index >= 15 is 0 Å². The lowest BCUT2D eigenvalue weighted by Crippen LogP contribution is -2.29. The van der Waals surface area contributed by atoms with E-state index in [-0.39, 0.29) is 0 Å². The number of piperidine rings is 1. The molecule has 0 aromatic carbocycles. The van der Waals surface area contributed by atoms with Crippen molar-refractivity contribution in [2.75, 3.05) is 20.1 Å². The van der Waals surface area contributed by atoms with Crippen LogP contribution in [0.1, 0.15) is 48.4 Å². The summed E-state index contributed by atoms with van der Waals surface area (Å²) in [5.74, 6) is 1.35. The van der Waals surface area contributed by atoms with Gasteiger partial charge in [-0.1, -0.05) is 13.8 Å². The molecule has 0 spiro atoms. The second kappa shape index (κ2) is 4.62. The van der Waals surface area contributed by atoms with Crippen LogP contribution in [0.2, 0.25) is 0 Å². The van der Waals surface area contributed by atoms with Crippen molar-refractivity contribution >= 4 is 11.3 Å². The summed E-state index contributed by atoms with van der Waals surface area (Å²) in [7, 11) is 2.21. The monoisotopic (exact) mass is 224 g/mol. The number of rotatable bonds is 2. The highest BCUT2D eigenvalue weighted by Gasteiger charge is 2.21. The summed E-state index contributed by atoms with van der Waals surface area (Å²) in [6.45, 7) is 6.93. The van der Waals surface area contributed by atoms with Gasteiger partial charge < -0.3 is 4.90 Å². The third-order valence-electron chi connectivity index (χ3n) is 3.18. The topological polar surface area (TPSA) is 16.1 Å². The minimum absolute atomic E-state index is 0.627. The van der Waals surface area contributed by atoms with Crippen LogP contribution >= 0.6 is 11.3 Å². The second-order valence-electron chi connectivity index (χ2n) is 4.83. The van der Waals surface area contributed by atoms with Crippen LogP contribution in [-0.4, -0.2) is 30.0 Å². The summed E-state index contributed by atoms with van der Waals surface area (Å²) in [6.07, 6.45) is 4.63. The minimum atomic E-state index is 0.627. The van der Waals surface area contributed by atoms with Gasteiger partial charge in [-0.05, 0) is 38.9 Å². The Morgan fingerprint density at radius 1 is 1.40 bits per heavy atom. The predicted octanol–water partition coefficient (Wildman–Crippen LogP) is 3.08. The molecule has 0 amide bonds. The molecule has 1 aliphatic rings. The SMILES string of the molecule is CC(C)c1cnc(C2CCN(C)CC2)s1. The maximum atomic E-state index is 4.59. The number of hydrogen-bond acceptors (Lipinski definition) is 3. The fourth-order valence-corrected chi connectivity index (χ4v) is 3.10. The number of thiazole rings is 1. The minimum Gasteiger partial charge on any atom is -0.306 e. The summed E-state index contributed by atoms with van der Waals surface area (Å²) >= 11 is 1.92. The molecule has 3 heteroatoms. The first-order valence-electron chi connectivity index (χ1n) is 5.81. The van der Waals surface area contributed by atoms with Gasteiger partial charge >= 0.3 is 0 Å². The summed E-state index contributed by atoms with van der Waals surface area (Å²) in [5.41, 5.74) is 0. The average molecular weight is 224 g/mol. The molecule has 0 bridgehead atoms. The molecule has 0 unspecified atom stereocenters. The summed E-state index contributed by atoms with van der Waals surface area (Å²) in [4.78, 5) is 8.43. The van der Waals surface area contributed by atoms with Crippen LogP contribution in [-0.2, 0) is 0 Å². The van der Waals surface area contributed by atoms with E-state index in [1.54, 1.807) is 0 Å². The molecular weight excluding hydrogens is 204 g/mol. The van der Waals surface area contributed by atoms with Crippen molar-refractivity contribution in [2.45, 2.75) is 38.5 Å². The third-order valence-corrected chi connectivity index (χ3v) is 4.64. The zero-order chi connectivity index (χ0) is 10.8. The summed E-state index contributed by atoms with van der Waals surface area (Å²) in [5, 5.41) is 1.37. The Morgan fingerprint density at radius 2 is 2.07 bits per heavy atom. The molecule has 1 saturated heterocycles. The van der Waals surface area contributed by atoms with Crippen molar-refractivity contribution in [3.63, 3.8) is 0 Å². The van der Waals surface area contributed by atoms with Gasteiger partial charge in [0.05, 0.1) is 5.01 Å². The first-order chi connectivity index (χ1) is 7.16. The number of aromatic nitrogens is 1. The molecule has 2 heterocycles. The molecule has 1 aromatic heterocycles. The van der Waals surface area contributed by atoms with Crippen molar-refractivity contribution in [3.05, 3.63) is 16.1 Å². The van der Waals surface area contributed by atoms with E-state index in [2.05, 4.69) is 37.0 Å². The van der Waals surface area contributed by atoms with Crippen molar-refractivity contribution in [2.24, 2.45) is 0 Å². The van der Waals surface area contributed by atoms with E-state index in [1.807, 2.05) is 11.3 Å². The fraction of sp³-hybridized carbons (Fsp3) is 0.750. The van der Waals surface area contributed by atoms with Gasteiger partial charge in [-0.25, -0.2) is 4.98 Å². The molecule has 0 atom stereocenters. The van der Waals surface area contributed by atoms with Gasteiger partial charge in [-0.15, -0.1) is 11.3 Å². The van der Waals surface area contributed by atoms with Crippen molar-refractivity contribution < 1.29 is 0 Å². The van der Waals surface area contributed by atoms with Gasteiger partial charge in [0.1, 0.15) is 0 Å². The van der Waals surface area contributed by atoms with E-state index in [4.69, 9.17) is 0 Å². The Kier molecular flexibility index (Phi) is 3.42. The van der Waals surface area contributed by atoms with Gasteiger partial charge in [0.25, 0.3) is 0 Å². The Morgan fingerprint density at radius 3 is 2.60 bits per heavy atom. The Balaban J connectivity index is 2.03. The normalized spacial score (nSPS) is 20.0.